The van der Waals surface area contributed by atoms with E-state index in [1.807, 2.05) is 0 Å². The fourth-order valence-electron chi connectivity index (χ4n) is 1.73. The highest BCUT2D eigenvalue weighted by Crippen LogP contribution is 2.33. The quantitative estimate of drug-likeness (QED) is 0.535. The molecular formula is C9H9NO4S. The summed E-state index contributed by atoms with van der Waals surface area (Å²) in [6.45, 7) is 1.61. The monoisotopic (exact) mass is 227 g/mol. The minimum absolute atomic E-state index is 0.115. The molecule has 1 heterocycles. The number of hydrogen-bond donors (Lipinski definition) is 0. The molecule has 1 aliphatic rings. The van der Waals surface area contributed by atoms with Crippen molar-refractivity contribution in [3.8, 4) is 0 Å². The number of nitro benzene ring substituents is 1. The molecule has 0 aromatic heterocycles. The molecule has 0 fully saturated rings. The lowest BCUT2D eigenvalue weighted by molar-refractivity contribution is -0.385. The topological polar surface area (TPSA) is 77.3 Å². The first-order valence-corrected chi connectivity index (χ1v) is 5.99. The molecule has 0 N–H and O–H groups in total. The van der Waals surface area contributed by atoms with Crippen LogP contribution in [0.1, 0.15) is 12.5 Å². The molecule has 0 saturated carbocycles. The van der Waals surface area contributed by atoms with E-state index in [2.05, 4.69) is 0 Å². The van der Waals surface area contributed by atoms with Crippen LogP contribution in [0.2, 0.25) is 0 Å². The zero-order chi connectivity index (χ0) is 11.2. The molecular weight excluding hydrogens is 218 g/mol. The van der Waals surface area contributed by atoms with Crippen molar-refractivity contribution in [3.63, 3.8) is 0 Å². The van der Waals surface area contributed by atoms with Gasteiger partial charge in [-0.25, -0.2) is 8.42 Å². The molecule has 1 aromatic rings. The number of hydrogen-bond acceptors (Lipinski definition) is 4. The number of rotatable bonds is 1. The number of nitro groups is 1. The van der Waals surface area contributed by atoms with Crippen molar-refractivity contribution in [2.24, 2.45) is 0 Å². The van der Waals surface area contributed by atoms with Crippen molar-refractivity contribution in [1.82, 2.24) is 0 Å². The van der Waals surface area contributed by atoms with E-state index >= 15 is 0 Å². The number of non-ortho nitro benzene ring substituents is 1. The molecule has 1 aromatic carbocycles. The Bertz CT molecular complexity index is 535. The molecule has 0 saturated heterocycles. The van der Waals surface area contributed by atoms with Gasteiger partial charge in [-0.2, -0.15) is 0 Å². The molecule has 0 amide bonds. The lowest BCUT2D eigenvalue weighted by Gasteiger charge is -1.99. The Morgan fingerprint density at radius 3 is 2.73 bits per heavy atom. The Kier molecular flexibility index (Phi) is 2.04. The van der Waals surface area contributed by atoms with Gasteiger partial charge in [0.25, 0.3) is 5.69 Å². The third kappa shape index (κ3) is 1.41. The summed E-state index contributed by atoms with van der Waals surface area (Å²) >= 11 is 0. The van der Waals surface area contributed by atoms with Crippen LogP contribution < -0.4 is 0 Å². The second-order valence-electron chi connectivity index (χ2n) is 3.61. The molecule has 0 spiro atoms. The van der Waals surface area contributed by atoms with Crippen molar-refractivity contribution in [3.05, 3.63) is 33.9 Å². The highest BCUT2D eigenvalue weighted by Gasteiger charge is 2.34. The van der Waals surface area contributed by atoms with E-state index in [4.69, 9.17) is 0 Å². The van der Waals surface area contributed by atoms with Gasteiger partial charge < -0.3 is 0 Å². The minimum Gasteiger partial charge on any atom is -0.258 e. The standard InChI is InChI=1S/C9H9NO4S/c1-6-4-7-2-3-8(10(11)12)5-9(7)15(6,13)14/h2-3,5-6H,4H2,1H3. The largest absolute Gasteiger partial charge is 0.270 e. The lowest BCUT2D eigenvalue weighted by Crippen LogP contribution is -2.11. The third-order valence-corrected chi connectivity index (χ3v) is 4.82. The molecule has 2 rings (SSSR count). The third-order valence-electron chi connectivity index (χ3n) is 2.61. The van der Waals surface area contributed by atoms with Gasteiger partial charge >= 0.3 is 0 Å². The van der Waals surface area contributed by atoms with E-state index in [0.717, 1.165) is 6.07 Å². The summed E-state index contributed by atoms with van der Waals surface area (Å²) in [7, 11) is -3.34. The second kappa shape index (κ2) is 3.03. The summed E-state index contributed by atoms with van der Waals surface area (Å²) in [5, 5.41) is 10.0. The van der Waals surface area contributed by atoms with E-state index in [0.29, 0.717) is 12.0 Å². The average Bonchev–Trinajstić information content (AvgIpc) is 2.38. The summed E-state index contributed by atoms with van der Waals surface area (Å²) in [5.41, 5.74) is 0.500. The average molecular weight is 227 g/mol. The zero-order valence-electron chi connectivity index (χ0n) is 8.00. The molecule has 0 bridgehead atoms. The Balaban J connectivity index is 2.65. The van der Waals surface area contributed by atoms with Crippen LogP contribution in [-0.4, -0.2) is 18.6 Å². The first kappa shape index (κ1) is 10.1. The maximum absolute atomic E-state index is 11.7. The Labute approximate surface area is 86.8 Å². The van der Waals surface area contributed by atoms with Gasteiger partial charge in [0.2, 0.25) is 0 Å². The van der Waals surface area contributed by atoms with Crippen molar-refractivity contribution in [1.29, 1.82) is 0 Å². The van der Waals surface area contributed by atoms with Crippen LogP contribution in [0.3, 0.4) is 0 Å². The van der Waals surface area contributed by atoms with Crippen LogP contribution in [0.25, 0.3) is 0 Å². The van der Waals surface area contributed by atoms with Gasteiger partial charge in [0.15, 0.2) is 9.84 Å². The molecule has 15 heavy (non-hydrogen) atoms. The molecule has 1 aliphatic heterocycles. The molecule has 6 heteroatoms. The van der Waals surface area contributed by atoms with Crippen LogP contribution in [0.15, 0.2) is 23.1 Å². The van der Waals surface area contributed by atoms with Crippen molar-refractivity contribution >= 4 is 15.5 Å². The number of nitrogens with zero attached hydrogens (tertiary/aromatic N) is 1. The Hall–Kier alpha value is -1.43. The fourth-order valence-corrected chi connectivity index (χ4v) is 3.36. The fraction of sp³-hybridized carbons (Fsp3) is 0.333. The van der Waals surface area contributed by atoms with Crippen LogP contribution in [0, 0.1) is 10.1 Å². The Morgan fingerprint density at radius 2 is 2.13 bits per heavy atom. The highest BCUT2D eigenvalue weighted by atomic mass is 32.2. The van der Waals surface area contributed by atoms with Gasteiger partial charge in [0.1, 0.15) is 0 Å². The van der Waals surface area contributed by atoms with Crippen molar-refractivity contribution in [2.75, 3.05) is 0 Å². The van der Waals surface area contributed by atoms with Gasteiger partial charge in [-0.15, -0.1) is 0 Å². The predicted octanol–water partition coefficient (Wildman–Crippen LogP) is 1.31. The van der Waals surface area contributed by atoms with Crippen LogP contribution in [0.4, 0.5) is 5.69 Å². The van der Waals surface area contributed by atoms with Gasteiger partial charge in [-0.3, -0.25) is 10.1 Å². The molecule has 80 valence electrons. The number of sulfone groups is 1. The summed E-state index contributed by atoms with van der Waals surface area (Å²) in [6, 6.07) is 4.01. The summed E-state index contributed by atoms with van der Waals surface area (Å²) < 4.78 is 23.5. The first-order chi connectivity index (χ1) is 6.93. The molecule has 1 unspecified atom stereocenters. The van der Waals surface area contributed by atoms with Gasteiger partial charge in [0.05, 0.1) is 15.1 Å². The summed E-state index contributed by atoms with van der Waals surface area (Å²) in [5.74, 6) is 0. The molecule has 0 radical (unpaired) electrons. The van der Waals surface area contributed by atoms with Crippen molar-refractivity contribution in [2.45, 2.75) is 23.5 Å². The van der Waals surface area contributed by atoms with Gasteiger partial charge in [-0.05, 0) is 18.9 Å². The maximum atomic E-state index is 11.7. The Morgan fingerprint density at radius 1 is 1.47 bits per heavy atom. The highest BCUT2D eigenvalue weighted by molar-refractivity contribution is 7.92. The van der Waals surface area contributed by atoms with Gasteiger partial charge in [-0.1, -0.05) is 6.07 Å². The van der Waals surface area contributed by atoms with Gasteiger partial charge in [0, 0.05) is 12.1 Å². The molecule has 1 atom stereocenters. The number of benzene rings is 1. The van der Waals surface area contributed by atoms with Crippen LogP contribution >= 0.6 is 0 Å². The second-order valence-corrected chi connectivity index (χ2v) is 5.94. The molecule has 0 aliphatic carbocycles. The smallest absolute Gasteiger partial charge is 0.258 e. The van der Waals surface area contributed by atoms with Crippen LogP contribution in [0.5, 0.6) is 0 Å². The molecule has 5 nitrogen and oxygen atoms in total. The van der Waals surface area contributed by atoms with E-state index in [1.165, 1.54) is 12.1 Å². The number of fused-ring (bicyclic) bond motifs is 1. The summed E-state index contributed by atoms with van der Waals surface area (Å²) in [6.07, 6.45) is 0.440. The SMILES string of the molecule is CC1Cc2ccc([N+](=O)[O-])cc2S1(=O)=O. The lowest BCUT2D eigenvalue weighted by atomic mass is 10.1. The van der Waals surface area contributed by atoms with Crippen molar-refractivity contribution < 1.29 is 13.3 Å². The van der Waals surface area contributed by atoms with E-state index in [1.54, 1.807) is 6.92 Å². The maximum Gasteiger partial charge on any atom is 0.270 e. The zero-order valence-corrected chi connectivity index (χ0v) is 8.82. The predicted molar refractivity (Wildman–Crippen MR) is 53.4 cm³/mol. The first-order valence-electron chi connectivity index (χ1n) is 4.44. The normalized spacial score (nSPS) is 22.3. The summed E-state index contributed by atoms with van der Waals surface area (Å²) in [4.78, 5) is 10.0. The minimum atomic E-state index is -3.34. The van der Waals surface area contributed by atoms with E-state index in [-0.39, 0.29) is 10.6 Å². The van der Waals surface area contributed by atoms with Crippen LogP contribution in [-0.2, 0) is 16.3 Å². The van der Waals surface area contributed by atoms with E-state index in [9.17, 15) is 18.5 Å². The van der Waals surface area contributed by atoms with E-state index < -0.39 is 20.0 Å².